The Hall–Kier alpha value is -3.36. The maximum Gasteiger partial charge on any atom is 0.209 e. The number of halogens is 1. The van der Waals surface area contributed by atoms with E-state index in [0.29, 0.717) is 0 Å². The van der Waals surface area contributed by atoms with Gasteiger partial charge in [0.05, 0.1) is 5.41 Å². The molecular formula is C39H44ClN2+. The van der Waals surface area contributed by atoms with Crippen molar-refractivity contribution in [3.05, 3.63) is 118 Å². The van der Waals surface area contributed by atoms with Crippen molar-refractivity contribution in [1.29, 1.82) is 0 Å². The molecule has 0 saturated heterocycles. The molecule has 0 radical (unpaired) electrons. The zero-order valence-corrected chi connectivity index (χ0v) is 26.9. The maximum absolute atomic E-state index is 7.17. The normalized spacial score (nSPS) is 21.4. The molecule has 0 N–H and O–H groups in total. The zero-order chi connectivity index (χ0) is 29.6. The number of anilines is 1. The topological polar surface area (TPSA) is 6.25 Å². The van der Waals surface area contributed by atoms with Gasteiger partial charge in [-0.15, -0.1) is 0 Å². The molecule has 0 spiro atoms. The molecule has 0 bridgehead atoms. The summed E-state index contributed by atoms with van der Waals surface area (Å²) in [7, 11) is 2.18. The molecule has 3 heteroatoms. The Morgan fingerprint density at radius 2 is 1.64 bits per heavy atom. The first kappa shape index (κ1) is 28.7. The molecule has 216 valence electrons. The van der Waals surface area contributed by atoms with E-state index in [-0.39, 0.29) is 10.8 Å². The Morgan fingerprint density at radius 3 is 2.43 bits per heavy atom. The van der Waals surface area contributed by atoms with Gasteiger partial charge in [-0.1, -0.05) is 99.5 Å². The summed E-state index contributed by atoms with van der Waals surface area (Å²) in [5, 5.41) is 3.59. The highest BCUT2D eigenvalue weighted by Gasteiger charge is 2.43. The molecule has 2 nitrogen and oxygen atoms in total. The Kier molecular flexibility index (Phi) is 7.56. The number of benzene rings is 3. The predicted molar refractivity (Wildman–Crippen MR) is 182 cm³/mol. The van der Waals surface area contributed by atoms with Crippen LogP contribution in [0.3, 0.4) is 0 Å². The van der Waals surface area contributed by atoms with E-state index in [1.54, 1.807) is 0 Å². The third-order valence-corrected chi connectivity index (χ3v) is 10.3. The maximum atomic E-state index is 7.17. The minimum Gasteiger partial charge on any atom is -0.344 e. The summed E-state index contributed by atoms with van der Waals surface area (Å²) in [6.07, 6.45) is 14.7. The summed E-state index contributed by atoms with van der Waals surface area (Å²) in [5.74, 6) is 0. The van der Waals surface area contributed by atoms with E-state index in [1.165, 1.54) is 68.7 Å². The van der Waals surface area contributed by atoms with E-state index in [4.69, 9.17) is 11.6 Å². The van der Waals surface area contributed by atoms with Gasteiger partial charge in [0.15, 0.2) is 5.71 Å². The number of hydrogen-bond donors (Lipinski definition) is 0. The van der Waals surface area contributed by atoms with Gasteiger partial charge in [0.2, 0.25) is 5.69 Å². The molecule has 0 atom stereocenters. The second-order valence-electron chi connectivity index (χ2n) is 13.2. The lowest BCUT2D eigenvalue weighted by Gasteiger charge is -2.27. The molecule has 0 fully saturated rings. The molecular weight excluding hydrogens is 532 g/mol. The first-order chi connectivity index (χ1) is 20.2. The van der Waals surface area contributed by atoms with E-state index in [1.807, 2.05) is 0 Å². The number of para-hydroxylation sites is 1. The minimum absolute atomic E-state index is 0.0399. The highest BCUT2D eigenvalue weighted by molar-refractivity contribution is 6.32. The van der Waals surface area contributed by atoms with E-state index < -0.39 is 0 Å². The molecule has 0 saturated carbocycles. The molecule has 42 heavy (non-hydrogen) atoms. The van der Waals surface area contributed by atoms with Gasteiger partial charge in [0, 0.05) is 46.1 Å². The molecule has 3 aromatic carbocycles. The Labute approximate surface area is 257 Å². The van der Waals surface area contributed by atoms with E-state index in [2.05, 4.69) is 136 Å². The van der Waals surface area contributed by atoms with Gasteiger partial charge < -0.3 is 4.90 Å². The lowest BCUT2D eigenvalue weighted by Crippen LogP contribution is -2.27. The molecule has 0 unspecified atom stereocenters. The monoisotopic (exact) mass is 575 g/mol. The first-order valence-electron chi connectivity index (χ1n) is 15.6. The largest absolute Gasteiger partial charge is 0.344 e. The summed E-state index contributed by atoms with van der Waals surface area (Å²) >= 11 is 7.17. The van der Waals surface area contributed by atoms with E-state index in [0.717, 1.165) is 30.8 Å². The number of rotatable bonds is 6. The number of allylic oxidation sites excluding steroid dienone is 8. The van der Waals surface area contributed by atoms with Gasteiger partial charge in [-0.2, -0.15) is 4.58 Å². The van der Waals surface area contributed by atoms with Crippen LogP contribution in [0, 0.1) is 0 Å². The van der Waals surface area contributed by atoms with Crippen LogP contribution in [0.2, 0.25) is 0 Å². The van der Waals surface area contributed by atoms with Gasteiger partial charge in [0.1, 0.15) is 7.05 Å². The van der Waals surface area contributed by atoms with Gasteiger partial charge in [-0.3, -0.25) is 0 Å². The van der Waals surface area contributed by atoms with Crippen molar-refractivity contribution in [3.8, 4) is 0 Å². The quantitative estimate of drug-likeness (QED) is 0.265. The average molecular weight is 576 g/mol. The van der Waals surface area contributed by atoms with Crippen LogP contribution >= 0.6 is 11.6 Å². The van der Waals surface area contributed by atoms with Crippen LogP contribution in [0.4, 0.5) is 11.4 Å². The third-order valence-electron chi connectivity index (χ3n) is 9.77. The van der Waals surface area contributed by atoms with Crippen molar-refractivity contribution < 1.29 is 4.58 Å². The highest BCUT2D eigenvalue weighted by atomic mass is 35.5. The zero-order valence-electron chi connectivity index (χ0n) is 26.1. The smallest absolute Gasteiger partial charge is 0.209 e. The van der Waals surface area contributed by atoms with Crippen molar-refractivity contribution in [3.63, 3.8) is 0 Å². The van der Waals surface area contributed by atoms with Gasteiger partial charge in [-0.05, 0) is 79.2 Å². The molecule has 3 aliphatic rings. The van der Waals surface area contributed by atoms with Crippen LogP contribution in [0.25, 0.3) is 10.8 Å². The Morgan fingerprint density at radius 1 is 0.881 bits per heavy atom. The fraction of sp³-hybridized carbons (Fsp3) is 0.359. The van der Waals surface area contributed by atoms with E-state index in [9.17, 15) is 0 Å². The second kappa shape index (κ2) is 11.0. The lowest BCUT2D eigenvalue weighted by molar-refractivity contribution is -0.401. The van der Waals surface area contributed by atoms with Gasteiger partial charge >= 0.3 is 0 Å². The lowest BCUT2D eigenvalue weighted by atomic mass is 9.80. The fourth-order valence-corrected chi connectivity index (χ4v) is 7.78. The van der Waals surface area contributed by atoms with Gasteiger partial charge in [0.25, 0.3) is 0 Å². The van der Waals surface area contributed by atoms with Crippen molar-refractivity contribution >= 4 is 39.5 Å². The van der Waals surface area contributed by atoms with Crippen LogP contribution in [-0.2, 0) is 10.8 Å². The molecule has 0 amide bonds. The molecule has 6 rings (SSSR count). The SMILES string of the molecule is CCCCN1/C(=C/C=C2\CCCC(/C=C/C3=[N+](C)c4ccccc4C3(C)C)=C2Cl)C(C)(C)c2c1ccc1ccccc21. The standard InChI is InChI=1S/C39H44ClN2/c1-7-8-26-42-33-23-20-27-14-9-10-17-30(27)36(33)39(4,5)35(42)25-22-29-16-13-15-28(37(29)40)21-24-34-38(2,3)31-18-11-12-19-32(31)41(34)6/h9-12,14,17-25H,7-8,13,15-16,26H2,1-6H3/q+1. The second-order valence-corrected chi connectivity index (χ2v) is 13.5. The third kappa shape index (κ3) is 4.69. The first-order valence-corrected chi connectivity index (χ1v) is 16.0. The Balaban J connectivity index is 1.36. The van der Waals surface area contributed by atoms with Crippen LogP contribution in [0.1, 0.15) is 77.8 Å². The van der Waals surface area contributed by atoms with Crippen molar-refractivity contribution in [1.82, 2.24) is 0 Å². The summed E-state index contributed by atoms with van der Waals surface area (Å²) in [6, 6.07) is 22.2. The Bertz CT molecular complexity index is 1710. The average Bonchev–Trinajstić information content (AvgIpc) is 3.32. The number of nitrogens with zero attached hydrogens (tertiary/aromatic N) is 2. The minimum atomic E-state index is -0.0983. The summed E-state index contributed by atoms with van der Waals surface area (Å²) in [4.78, 5) is 2.57. The van der Waals surface area contributed by atoms with Crippen molar-refractivity contribution in [2.24, 2.45) is 0 Å². The predicted octanol–water partition coefficient (Wildman–Crippen LogP) is 10.5. The van der Waals surface area contributed by atoms with Crippen molar-refractivity contribution in [2.75, 3.05) is 18.5 Å². The van der Waals surface area contributed by atoms with Crippen molar-refractivity contribution in [2.45, 2.75) is 77.6 Å². The summed E-state index contributed by atoms with van der Waals surface area (Å²) < 4.78 is 2.33. The van der Waals surface area contributed by atoms with Crippen LogP contribution in [0.15, 0.2) is 107 Å². The molecule has 2 heterocycles. The van der Waals surface area contributed by atoms with E-state index >= 15 is 0 Å². The summed E-state index contributed by atoms with van der Waals surface area (Å²) in [6.45, 7) is 12.7. The van der Waals surface area contributed by atoms with Gasteiger partial charge in [-0.25, -0.2) is 0 Å². The van der Waals surface area contributed by atoms with Crippen LogP contribution in [0.5, 0.6) is 0 Å². The molecule has 0 aromatic heterocycles. The van der Waals surface area contributed by atoms with Crippen LogP contribution in [-0.4, -0.2) is 23.9 Å². The fourth-order valence-electron chi connectivity index (χ4n) is 7.46. The molecule has 1 aliphatic carbocycles. The molecule has 3 aromatic rings. The van der Waals surface area contributed by atoms with Crippen LogP contribution < -0.4 is 4.90 Å². The number of hydrogen-bond acceptors (Lipinski definition) is 1. The number of unbranched alkanes of at least 4 members (excludes halogenated alkanes) is 1. The summed E-state index contributed by atoms with van der Waals surface area (Å²) in [5.41, 5.74) is 10.5. The molecule has 2 aliphatic heterocycles. The highest BCUT2D eigenvalue weighted by Crippen LogP contribution is 2.51. The number of fused-ring (bicyclic) bond motifs is 4.